The fourth-order valence-corrected chi connectivity index (χ4v) is 6.53. The fraction of sp³-hybridized carbons (Fsp3) is 0.552. The molecule has 2 fully saturated rings. The number of hydrogen-bond acceptors (Lipinski definition) is 5. The Morgan fingerprint density at radius 1 is 1.23 bits per heavy atom. The van der Waals surface area contributed by atoms with E-state index < -0.39 is 29.3 Å². The first kappa shape index (κ1) is 29.0. The van der Waals surface area contributed by atoms with Crippen LogP contribution in [0, 0.1) is 5.41 Å². The standard InChI is InChI=1S/C29H33Cl2F2N3O4/c1-3-9-29(16-36-14-18(27(37)38)24(34-36)26(32)33)12-10-28(2,11-13-29)39-15-19-23(35-40-25(19)17-7-8-17)22-20(30)5-4-6-21(22)31/h4-6,14,17,26H,3,7-13,15-16H2,1-2H3,(H,37,38). The predicted molar refractivity (Wildman–Crippen MR) is 147 cm³/mol. The molecule has 1 N–H and O–H groups in total. The van der Waals surface area contributed by atoms with E-state index in [9.17, 15) is 18.7 Å². The average Bonchev–Trinajstić information content (AvgIpc) is 3.52. The first-order valence-electron chi connectivity index (χ1n) is 13.7. The number of aromatic nitrogens is 3. The molecular formula is C29H33Cl2F2N3O4. The molecule has 2 aromatic heterocycles. The Morgan fingerprint density at radius 2 is 1.90 bits per heavy atom. The Hall–Kier alpha value is -2.49. The number of hydrogen-bond donors (Lipinski definition) is 1. The number of carboxylic acids is 1. The molecule has 2 saturated carbocycles. The summed E-state index contributed by atoms with van der Waals surface area (Å²) in [5.74, 6) is -0.249. The van der Waals surface area contributed by atoms with Crippen LogP contribution in [0.3, 0.4) is 0 Å². The van der Waals surface area contributed by atoms with Crippen molar-refractivity contribution in [3.8, 4) is 11.3 Å². The van der Waals surface area contributed by atoms with Crippen molar-refractivity contribution in [1.29, 1.82) is 0 Å². The summed E-state index contributed by atoms with van der Waals surface area (Å²) in [6.45, 7) is 4.88. The lowest BCUT2D eigenvalue weighted by Gasteiger charge is -2.45. The lowest BCUT2D eigenvalue weighted by molar-refractivity contribution is -0.0935. The van der Waals surface area contributed by atoms with E-state index in [0.717, 1.165) is 62.7 Å². The second kappa shape index (κ2) is 11.4. The van der Waals surface area contributed by atoms with Gasteiger partial charge >= 0.3 is 5.97 Å². The molecule has 2 heterocycles. The van der Waals surface area contributed by atoms with Crippen LogP contribution in [-0.4, -0.2) is 31.6 Å². The maximum absolute atomic E-state index is 13.4. The topological polar surface area (TPSA) is 90.4 Å². The van der Waals surface area contributed by atoms with E-state index >= 15 is 0 Å². The van der Waals surface area contributed by atoms with Crippen molar-refractivity contribution in [2.24, 2.45) is 5.41 Å². The van der Waals surface area contributed by atoms with Gasteiger partial charge in [-0.15, -0.1) is 0 Å². The minimum absolute atomic E-state index is 0.189. The highest BCUT2D eigenvalue weighted by atomic mass is 35.5. The summed E-state index contributed by atoms with van der Waals surface area (Å²) < 4.78 is 40.6. The van der Waals surface area contributed by atoms with Gasteiger partial charge in [0.05, 0.1) is 22.3 Å². The van der Waals surface area contributed by atoms with Gasteiger partial charge in [0.1, 0.15) is 22.7 Å². The second-order valence-electron chi connectivity index (χ2n) is 11.5. The first-order chi connectivity index (χ1) is 19.0. The van der Waals surface area contributed by atoms with E-state index in [2.05, 4.69) is 24.1 Å². The van der Waals surface area contributed by atoms with Crippen LogP contribution in [0.4, 0.5) is 8.78 Å². The molecule has 1 aromatic carbocycles. The largest absolute Gasteiger partial charge is 0.478 e. The van der Waals surface area contributed by atoms with Crippen molar-refractivity contribution >= 4 is 29.2 Å². The van der Waals surface area contributed by atoms with Crippen LogP contribution in [0.2, 0.25) is 10.0 Å². The molecule has 5 rings (SSSR count). The molecule has 0 unspecified atom stereocenters. The zero-order chi connectivity index (χ0) is 28.7. The van der Waals surface area contributed by atoms with Gasteiger partial charge in [-0.25, -0.2) is 13.6 Å². The molecular weight excluding hydrogens is 563 g/mol. The molecule has 0 aliphatic heterocycles. The van der Waals surface area contributed by atoms with Crippen LogP contribution >= 0.6 is 23.2 Å². The van der Waals surface area contributed by atoms with E-state index in [1.54, 1.807) is 18.2 Å². The van der Waals surface area contributed by atoms with Gasteiger partial charge in [-0.05, 0) is 69.4 Å². The molecule has 11 heteroatoms. The lowest BCUT2D eigenvalue weighted by Crippen LogP contribution is -2.41. The minimum Gasteiger partial charge on any atom is -0.478 e. The van der Waals surface area contributed by atoms with Crippen molar-refractivity contribution in [2.45, 2.75) is 96.3 Å². The molecule has 3 aromatic rings. The summed E-state index contributed by atoms with van der Waals surface area (Å²) in [5.41, 5.74) is 0.394. The molecule has 2 aliphatic rings. The average molecular weight is 597 g/mol. The Balaban J connectivity index is 1.32. The van der Waals surface area contributed by atoms with Gasteiger partial charge < -0.3 is 14.4 Å². The van der Waals surface area contributed by atoms with E-state index in [-0.39, 0.29) is 5.41 Å². The van der Waals surface area contributed by atoms with Gasteiger partial charge in [-0.1, -0.05) is 47.8 Å². The van der Waals surface area contributed by atoms with Crippen LogP contribution in [0.1, 0.15) is 105 Å². The summed E-state index contributed by atoms with van der Waals surface area (Å²) in [7, 11) is 0. The van der Waals surface area contributed by atoms with Crippen molar-refractivity contribution in [3.05, 3.63) is 57.0 Å². The minimum atomic E-state index is -2.94. The van der Waals surface area contributed by atoms with Gasteiger partial charge in [-0.3, -0.25) is 4.68 Å². The molecule has 216 valence electrons. The number of nitrogens with zero attached hydrogens (tertiary/aromatic N) is 3. The molecule has 0 atom stereocenters. The Bertz CT molecular complexity index is 1360. The number of ether oxygens (including phenoxy) is 1. The normalized spacial score (nSPS) is 23.2. The summed E-state index contributed by atoms with van der Waals surface area (Å²) in [6.07, 6.45) is 5.28. The van der Waals surface area contributed by atoms with E-state index in [0.29, 0.717) is 40.4 Å². The maximum atomic E-state index is 13.4. The number of benzene rings is 1. The smallest absolute Gasteiger partial charge is 0.339 e. The predicted octanol–water partition coefficient (Wildman–Crippen LogP) is 8.69. The van der Waals surface area contributed by atoms with Crippen LogP contribution in [-0.2, 0) is 17.9 Å². The summed E-state index contributed by atoms with van der Waals surface area (Å²) in [6, 6.07) is 5.34. The van der Waals surface area contributed by atoms with Crippen LogP contribution in [0.15, 0.2) is 28.9 Å². The van der Waals surface area contributed by atoms with Crippen LogP contribution in [0.5, 0.6) is 0 Å². The SMILES string of the molecule is CCCC1(Cn2cc(C(=O)O)c(C(F)F)n2)CCC(C)(OCc2c(-c3c(Cl)cccc3Cl)noc2C2CC2)CC1. The quantitative estimate of drug-likeness (QED) is 0.238. The summed E-state index contributed by atoms with van der Waals surface area (Å²) >= 11 is 13.0. The van der Waals surface area contributed by atoms with Crippen molar-refractivity contribution in [1.82, 2.24) is 14.9 Å². The molecule has 0 bridgehead atoms. The fourth-order valence-electron chi connectivity index (χ4n) is 5.95. The molecule has 2 aliphatic carbocycles. The molecule has 40 heavy (non-hydrogen) atoms. The monoisotopic (exact) mass is 595 g/mol. The van der Waals surface area contributed by atoms with E-state index in [1.165, 1.54) is 10.9 Å². The second-order valence-corrected chi connectivity index (χ2v) is 12.3. The van der Waals surface area contributed by atoms with Crippen molar-refractivity contribution < 1.29 is 27.9 Å². The highest BCUT2D eigenvalue weighted by Crippen LogP contribution is 2.49. The molecule has 0 radical (unpaired) electrons. The zero-order valence-corrected chi connectivity index (χ0v) is 24.1. The third-order valence-corrected chi connectivity index (χ3v) is 9.03. The van der Waals surface area contributed by atoms with E-state index in [1.807, 2.05) is 0 Å². The highest BCUT2D eigenvalue weighted by molar-refractivity contribution is 6.39. The number of rotatable bonds is 11. The van der Waals surface area contributed by atoms with Crippen molar-refractivity contribution in [2.75, 3.05) is 0 Å². The summed E-state index contributed by atoms with van der Waals surface area (Å²) in [4.78, 5) is 11.5. The Labute approximate surface area is 241 Å². The molecule has 0 amide bonds. The Kier molecular flexibility index (Phi) is 8.28. The number of alkyl halides is 2. The zero-order valence-electron chi connectivity index (χ0n) is 22.6. The van der Waals surface area contributed by atoms with Crippen LogP contribution < -0.4 is 0 Å². The molecule has 0 saturated heterocycles. The lowest BCUT2D eigenvalue weighted by atomic mass is 9.67. The van der Waals surface area contributed by atoms with Crippen LogP contribution in [0.25, 0.3) is 11.3 Å². The molecule has 7 nitrogen and oxygen atoms in total. The third-order valence-electron chi connectivity index (χ3n) is 8.40. The molecule has 0 spiro atoms. The van der Waals surface area contributed by atoms with Gasteiger partial charge in [0, 0.05) is 29.8 Å². The van der Waals surface area contributed by atoms with Gasteiger partial charge in [0.25, 0.3) is 6.43 Å². The number of aromatic carboxylic acids is 1. The maximum Gasteiger partial charge on any atom is 0.339 e. The Morgan fingerprint density at radius 3 is 2.45 bits per heavy atom. The first-order valence-corrected chi connectivity index (χ1v) is 14.5. The summed E-state index contributed by atoms with van der Waals surface area (Å²) in [5, 5.41) is 18.7. The number of halogens is 4. The number of carbonyl (C=O) groups is 1. The highest BCUT2D eigenvalue weighted by Gasteiger charge is 2.42. The van der Waals surface area contributed by atoms with Gasteiger partial charge in [-0.2, -0.15) is 5.10 Å². The number of carboxylic acid groups (broad SMARTS) is 1. The van der Waals surface area contributed by atoms with Gasteiger partial charge in [0.15, 0.2) is 0 Å². The third kappa shape index (κ3) is 5.92. The van der Waals surface area contributed by atoms with Crippen molar-refractivity contribution in [3.63, 3.8) is 0 Å². The van der Waals surface area contributed by atoms with E-state index in [4.69, 9.17) is 32.5 Å². The van der Waals surface area contributed by atoms with Gasteiger partial charge in [0.2, 0.25) is 0 Å².